The zero-order valence-corrected chi connectivity index (χ0v) is 21.0. The third kappa shape index (κ3) is 18.9. The van der Waals surface area contributed by atoms with Crippen LogP contribution in [0.1, 0.15) is 84.0 Å². The average molecular weight is 468 g/mol. The molecular formula is C22H46NO7P. The molecule has 0 bridgehead atoms. The molecule has 0 aromatic heterocycles. The topological polar surface area (TPSA) is 116 Å². The second kappa shape index (κ2) is 17.2. The summed E-state index contributed by atoms with van der Waals surface area (Å²) in [4.78, 5) is 24.7. The number of phosphoric acid groups is 1. The number of ketones is 1. The number of aliphatic hydroxyl groups excluding tert-OH is 2. The van der Waals surface area contributed by atoms with Crippen LogP contribution < -0.4 is 4.89 Å². The van der Waals surface area contributed by atoms with E-state index in [1.54, 1.807) is 0 Å². The summed E-state index contributed by atoms with van der Waals surface area (Å²) in [6.07, 6.45) is 10.7. The summed E-state index contributed by atoms with van der Waals surface area (Å²) < 4.78 is 22.0. The fraction of sp³-hybridized carbons (Fsp3) is 0.955. The highest BCUT2D eigenvalue weighted by Crippen LogP contribution is 2.40. The quantitative estimate of drug-likeness (QED) is 0.151. The van der Waals surface area contributed by atoms with Gasteiger partial charge in [0.2, 0.25) is 0 Å². The van der Waals surface area contributed by atoms with Crippen LogP contribution in [0.5, 0.6) is 0 Å². The van der Waals surface area contributed by atoms with Crippen molar-refractivity contribution in [2.75, 3.05) is 40.9 Å². The highest BCUT2D eigenvalue weighted by atomic mass is 31.2. The molecule has 31 heavy (non-hydrogen) atoms. The van der Waals surface area contributed by atoms with Gasteiger partial charge in [-0.2, -0.15) is 0 Å². The van der Waals surface area contributed by atoms with Gasteiger partial charge in [-0.1, -0.05) is 71.1 Å². The molecule has 0 spiro atoms. The van der Waals surface area contributed by atoms with Gasteiger partial charge in [0.25, 0.3) is 7.82 Å². The Morgan fingerprint density at radius 2 is 1.45 bits per heavy atom. The smallest absolute Gasteiger partial charge is 0.268 e. The van der Waals surface area contributed by atoms with E-state index in [0.717, 1.165) is 19.3 Å². The van der Waals surface area contributed by atoms with Gasteiger partial charge in [0, 0.05) is 6.42 Å². The maximum atomic E-state index is 12.6. The highest BCUT2D eigenvalue weighted by molar-refractivity contribution is 7.45. The third-order valence-corrected chi connectivity index (χ3v) is 5.97. The van der Waals surface area contributed by atoms with Crippen molar-refractivity contribution in [1.29, 1.82) is 0 Å². The maximum absolute atomic E-state index is 12.6. The first-order chi connectivity index (χ1) is 14.5. The van der Waals surface area contributed by atoms with Crippen LogP contribution in [0.4, 0.5) is 0 Å². The van der Waals surface area contributed by atoms with Crippen LogP contribution in [-0.2, 0) is 18.4 Å². The van der Waals surface area contributed by atoms with Crippen molar-refractivity contribution in [2.24, 2.45) is 0 Å². The van der Waals surface area contributed by atoms with Crippen LogP contribution in [-0.4, -0.2) is 73.6 Å². The van der Waals surface area contributed by atoms with E-state index in [2.05, 4.69) is 11.4 Å². The van der Waals surface area contributed by atoms with Gasteiger partial charge in [-0.15, -0.1) is 0 Å². The van der Waals surface area contributed by atoms with Crippen molar-refractivity contribution in [3.05, 3.63) is 0 Å². The number of rotatable bonds is 21. The summed E-state index contributed by atoms with van der Waals surface area (Å²) in [6, 6.07) is 0. The molecule has 3 atom stereocenters. The van der Waals surface area contributed by atoms with Crippen molar-refractivity contribution in [3.8, 4) is 0 Å². The zero-order valence-electron chi connectivity index (χ0n) is 20.1. The van der Waals surface area contributed by atoms with Gasteiger partial charge < -0.3 is 28.6 Å². The van der Waals surface area contributed by atoms with Crippen molar-refractivity contribution < 1.29 is 38.0 Å². The molecule has 9 heteroatoms. The van der Waals surface area contributed by atoms with E-state index in [0.29, 0.717) is 10.9 Å². The molecule has 0 heterocycles. The lowest BCUT2D eigenvalue weighted by Crippen LogP contribution is -2.45. The molecule has 0 aliphatic rings. The molecule has 0 saturated carbocycles. The zero-order chi connectivity index (χ0) is 23.8. The van der Waals surface area contributed by atoms with Gasteiger partial charge in [0.1, 0.15) is 12.6 Å². The number of phosphoric ester groups is 1. The first-order valence-corrected chi connectivity index (χ1v) is 13.2. The van der Waals surface area contributed by atoms with E-state index in [4.69, 9.17) is 9.63 Å². The van der Waals surface area contributed by atoms with Crippen LogP contribution in [0.15, 0.2) is 0 Å². The van der Waals surface area contributed by atoms with Crippen molar-refractivity contribution in [1.82, 2.24) is 0 Å². The first-order valence-electron chi connectivity index (χ1n) is 11.8. The van der Waals surface area contributed by atoms with Crippen LogP contribution >= 0.6 is 7.82 Å². The Labute approximate surface area is 189 Å². The van der Waals surface area contributed by atoms with E-state index >= 15 is 0 Å². The van der Waals surface area contributed by atoms with Gasteiger partial charge in [-0.05, 0) is 6.42 Å². The fourth-order valence-corrected chi connectivity index (χ4v) is 4.14. The molecule has 8 nitrogen and oxygen atoms in total. The number of likely N-dealkylation sites (N-methyl/N-ethyl adjacent to an activating group) is 1. The predicted molar refractivity (Wildman–Crippen MR) is 121 cm³/mol. The van der Waals surface area contributed by atoms with Crippen molar-refractivity contribution in [3.63, 3.8) is 0 Å². The Morgan fingerprint density at radius 1 is 0.968 bits per heavy atom. The van der Waals surface area contributed by atoms with E-state index in [-0.39, 0.29) is 18.7 Å². The summed E-state index contributed by atoms with van der Waals surface area (Å²) in [5.74, 6) is -0.258. The summed E-state index contributed by atoms with van der Waals surface area (Å²) in [5, 5.41) is 18.0. The molecule has 0 aliphatic carbocycles. The number of aliphatic hydroxyl groups is 2. The van der Waals surface area contributed by atoms with Crippen molar-refractivity contribution >= 4 is 13.6 Å². The largest absolute Gasteiger partial charge is 0.756 e. The Hall–Kier alpha value is -0.340. The molecule has 0 amide bonds. The molecule has 2 N–H and O–H groups in total. The van der Waals surface area contributed by atoms with Crippen LogP contribution in [0.3, 0.4) is 0 Å². The molecule has 0 rings (SSSR count). The minimum Gasteiger partial charge on any atom is -0.756 e. The summed E-state index contributed by atoms with van der Waals surface area (Å²) in [6.45, 7) is 1.18. The number of carbonyl (C=O) groups is 1. The summed E-state index contributed by atoms with van der Waals surface area (Å²) in [7, 11) is 0.760. The molecule has 0 aromatic rings. The standard InChI is InChI=1S/C22H46NO7P/c1-5-6-7-8-9-10-11-12-13-14-15-16-21(26)22(17-23(2,3)4)30-31(27,28)29-19-20(25)18-24/h20,22,24-25H,5-19H2,1-4H3/t20-,22?/m1/s1. The minimum absolute atomic E-state index is 0.189. The van der Waals surface area contributed by atoms with Gasteiger partial charge in [0.15, 0.2) is 11.9 Å². The Morgan fingerprint density at radius 3 is 1.90 bits per heavy atom. The number of Topliss-reactive ketones (excluding diaryl/α,β-unsaturated/α-hetero) is 1. The Bertz CT molecular complexity index is 511. The number of carbonyl (C=O) groups excluding carboxylic acids is 1. The second-order valence-corrected chi connectivity index (χ2v) is 10.8. The van der Waals surface area contributed by atoms with Gasteiger partial charge in [-0.25, -0.2) is 0 Å². The second-order valence-electron chi connectivity index (χ2n) is 9.40. The summed E-state index contributed by atoms with van der Waals surface area (Å²) >= 11 is 0. The number of hydrogen-bond acceptors (Lipinski definition) is 7. The van der Waals surface area contributed by atoms with E-state index in [1.165, 1.54) is 44.9 Å². The van der Waals surface area contributed by atoms with Crippen LogP contribution in [0.2, 0.25) is 0 Å². The average Bonchev–Trinajstić information content (AvgIpc) is 2.68. The molecule has 186 valence electrons. The molecule has 0 saturated heterocycles. The van der Waals surface area contributed by atoms with Gasteiger partial charge in [-0.3, -0.25) is 9.36 Å². The normalized spacial score (nSPS) is 16.1. The Kier molecular flexibility index (Phi) is 17.0. The SMILES string of the molecule is CCCCCCCCCCCCCC(=O)C(C[N+](C)(C)C)OP(=O)([O-])OC[C@H](O)CO. The molecule has 0 aromatic carbocycles. The molecule has 2 unspecified atom stereocenters. The van der Waals surface area contributed by atoms with E-state index < -0.39 is 33.2 Å². The first kappa shape index (κ1) is 30.7. The number of nitrogens with zero attached hydrogens (tertiary/aromatic N) is 1. The molecular weight excluding hydrogens is 421 g/mol. The monoisotopic (exact) mass is 467 g/mol. The fourth-order valence-electron chi connectivity index (χ4n) is 3.23. The number of quaternary nitrogens is 1. The van der Waals surface area contributed by atoms with E-state index in [9.17, 15) is 19.4 Å². The Balaban J connectivity index is 4.28. The number of unbranched alkanes of at least 4 members (excludes halogenated alkanes) is 10. The van der Waals surface area contributed by atoms with E-state index in [1.807, 2.05) is 21.1 Å². The lowest BCUT2D eigenvalue weighted by Gasteiger charge is -2.32. The van der Waals surface area contributed by atoms with Crippen LogP contribution in [0, 0.1) is 0 Å². The highest BCUT2D eigenvalue weighted by Gasteiger charge is 2.30. The molecule has 0 aliphatic heterocycles. The minimum atomic E-state index is -4.78. The lowest BCUT2D eigenvalue weighted by atomic mass is 10.0. The van der Waals surface area contributed by atoms with Gasteiger partial charge >= 0.3 is 0 Å². The van der Waals surface area contributed by atoms with Crippen LogP contribution in [0.25, 0.3) is 0 Å². The van der Waals surface area contributed by atoms with Gasteiger partial charge in [0.05, 0.1) is 34.4 Å². The van der Waals surface area contributed by atoms with Crippen molar-refractivity contribution in [2.45, 2.75) is 96.2 Å². The predicted octanol–water partition coefficient (Wildman–Crippen LogP) is 3.19. The summed E-state index contributed by atoms with van der Waals surface area (Å²) in [5.41, 5.74) is 0. The number of hydrogen-bond donors (Lipinski definition) is 2. The molecule has 0 fully saturated rings. The third-order valence-electron chi connectivity index (χ3n) is 4.99. The lowest BCUT2D eigenvalue weighted by molar-refractivity contribution is -0.872. The molecule has 0 radical (unpaired) electrons. The maximum Gasteiger partial charge on any atom is 0.268 e.